The summed E-state index contributed by atoms with van der Waals surface area (Å²) in [6.45, 7) is 1.85. The summed E-state index contributed by atoms with van der Waals surface area (Å²) in [6, 6.07) is 21.8. The van der Waals surface area contributed by atoms with E-state index in [0.29, 0.717) is 33.3 Å². The summed E-state index contributed by atoms with van der Waals surface area (Å²) in [5.74, 6) is -0.406. The zero-order valence-corrected chi connectivity index (χ0v) is 18.9. The predicted molar refractivity (Wildman–Crippen MR) is 128 cm³/mol. The smallest absolute Gasteiger partial charge is 0.254 e. The molecule has 4 rings (SSSR count). The first-order chi connectivity index (χ1) is 15.6. The van der Waals surface area contributed by atoms with Crippen LogP contribution in [0, 0.1) is 17.1 Å². The average Bonchev–Trinajstić information content (AvgIpc) is 3.33. The molecule has 0 spiro atoms. The molecule has 0 fully saturated rings. The van der Waals surface area contributed by atoms with Crippen molar-refractivity contribution in [3.63, 3.8) is 0 Å². The van der Waals surface area contributed by atoms with Gasteiger partial charge in [-0.05, 0) is 48.2 Å². The second kappa shape index (κ2) is 9.86. The normalized spacial score (nSPS) is 15.8. The van der Waals surface area contributed by atoms with Crippen molar-refractivity contribution in [1.29, 1.82) is 5.26 Å². The molecule has 0 saturated heterocycles. The number of amides is 1. The highest BCUT2D eigenvalue weighted by Gasteiger charge is 2.35. The van der Waals surface area contributed by atoms with Crippen molar-refractivity contribution >= 4 is 34.7 Å². The van der Waals surface area contributed by atoms with Gasteiger partial charge in [0.25, 0.3) is 5.91 Å². The maximum absolute atomic E-state index is 13.3. The molecule has 0 aliphatic carbocycles. The molecule has 1 aliphatic heterocycles. The van der Waals surface area contributed by atoms with Crippen LogP contribution in [-0.4, -0.2) is 5.91 Å². The molecule has 7 heteroatoms. The van der Waals surface area contributed by atoms with Crippen LogP contribution in [0.15, 0.2) is 94.0 Å². The van der Waals surface area contributed by atoms with E-state index in [1.165, 1.54) is 35.2 Å². The third kappa shape index (κ3) is 4.77. The molecule has 3 aromatic rings. The lowest BCUT2D eigenvalue weighted by Crippen LogP contribution is -2.30. The molecule has 1 aliphatic rings. The summed E-state index contributed by atoms with van der Waals surface area (Å²) in [4.78, 5) is 14.2. The quantitative estimate of drug-likeness (QED) is 0.462. The van der Waals surface area contributed by atoms with Crippen LogP contribution in [0.4, 0.5) is 10.1 Å². The van der Waals surface area contributed by atoms with Gasteiger partial charge in [0.1, 0.15) is 5.82 Å². The van der Waals surface area contributed by atoms with E-state index >= 15 is 0 Å². The number of hydrogen-bond donors (Lipinski definition) is 2. The van der Waals surface area contributed by atoms with Gasteiger partial charge < -0.3 is 10.6 Å². The molecule has 0 bridgehead atoms. The number of nitrogens with zero attached hydrogens (tertiary/aromatic N) is 1. The van der Waals surface area contributed by atoms with Crippen LogP contribution in [0.5, 0.6) is 0 Å². The van der Waals surface area contributed by atoms with Crippen molar-refractivity contribution < 1.29 is 9.18 Å². The summed E-state index contributed by atoms with van der Waals surface area (Å²) in [5.41, 5.74) is 3.38. The number of dihydropyridines is 1. The molecule has 1 amide bonds. The third-order valence-corrected chi connectivity index (χ3v) is 7.07. The Bertz CT molecular complexity index is 1210. The van der Waals surface area contributed by atoms with E-state index in [9.17, 15) is 14.4 Å². The number of para-hydroxylation sites is 1. The van der Waals surface area contributed by atoms with Crippen molar-refractivity contribution in [1.82, 2.24) is 5.32 Å². The Morgan fingerprint density at radius 3 is 2.56 bits per heavy atom. The number of benzene rings is 2. The highest BCUT2D eigenvalue weighted by atomic mass is 32.2. The van der Waals surface area contributed by atoms with Crippen LogP contribution < -0.4 is 10.6 Å². The Labute approximate surface area is 194 Å². The zero-order chi connectivity index (χ0) is 22.5. The lowest BCUT2D eigenvalue weighted by atomic mass is 9.86. The molecular weight excluding hydrogens is 441 g/mol. The van der Waals surface area contributed by atoms with E-state index in [2.05, 4.69) is 16.7 Å². The van der Waals surface area contributed by atoms with Crippen molar-refractivity contribution in [2.45, 2.75) is 18.6 Å². The average molecular weight is 462 g/mol. The summed E-state index contributed by atoms with van der Waals surface area (Å²) in [7, 11) is 0. The highest BCUT2D eigenvalue weighted by Crippen LogP contribution is 2.43. The van der Waals surface area contributed by atoms with Crippen molar-refractivity contribution in [2.24, 2.45) is 0 Å². The number of nitriles is 1. The Morgan fingerprint density at radius 2 is 1.91 bits per heavy atom. The number of halogens is 1. The van der Waals surface area contributed by atoms with Crippen LogP contribution in [-0.2, 0) is 10.5 Å². The lowest BCUT2D eigenvalue weighted by molar-refractivity contribution is -0.113. The Morgan fingerprint density at radius 1 is 1.16 bits per heavy atom. The molecule has 1 atom stereocenters. The molecule has 2 aromatic carbocycles. The topological polar surface area (TPSA) is 64.9 Å². The van der Waals surface area contributed by atoms with Crippen LogP contribution in [0.25, 0.3) is 0 Å². The van der Waals surface area contributed by atoms with E-state index in [4.69, 9.17) is 0 Å². The molecule has 0 radical (unpaired) electrons. The first-order valence-electron chi connectivity index (χ1n) is 9.96. The fraction of sp³-hybridized carbons (Fsp3) is 0.120. The van der Waals surface area contributed by atoms with Gasteiger partial charge in [0.15, 0.2) is 0 Å². The number of rotatable bonds is 6. The number of carbonyl (C=O) groups is 1. The van der Waals surface area contributed by atoms with E-state index in [0.717, 1.165) is 10.4 Å². The molecule has 4 nitrogen and oxygen atoms in total. The second-order valence-corrected chi connectivity index (χ2v) is 9.17. The van der Waals surface area contributed by atoms with Gasteiger partial charge in [0.05, 0.1) is 22.6 Å². The minimum atomic E-state index is -0.458. The second-order valence-electron chi connectivity index (χ2n) is 7.20. The van der Waals surface area contributed by atoms with Gasteiger partial charge in [-0.3, -0.25) is 4.79 Å². The Hall–Kier alpha value is -3.34. The number of hydrogen-bond acceptors (Lipinski definition) is 5. The standard InChI is InChI=1S/C25H20FN3OS2/c1-16-22(24(30)29-19-6-3-2-4-7-19)23(21-8-5-13-31-21)20(14-27)25(28-16)32-15-17-9-11-18(26)12-10-17/h2-13,23,28H,15H2,1H3,(H,29,30)/t23-/m1/s1. The van der Waals surface area contributed by atoms with Gasteiger partial charge >= 0.3 is 0 Å². The fourth-order valence-electron chi connectivity index (χ4n) is 3.52. The Balaban J connectivity index is 1.66. The maximum Gasteiger partial charge on any atom is 0.254 e. The summed E-state index contributed by atoms with van der Waals surface area (Å²) in [6.07, 6.45) is 0. The molecular formula is C25H20FN3OS2. The predicted octanol–water partition coefficient (Wildman–Crippen LogP) is 6.16. The van der Waals surface area contributed by atoms with Crippen LogP contribution >= 0.6 is 23.1 Å². The Kier molecular flexibility index (Phi) is 6.74. The first kappa shape index (κ1) is 21.9. The molecule has 1 aromatic heterocycles. The summed E-state index contributed by atoms with van der Waals surface area (Å²) in [5, 5.41) is 19.0. The molecule has 0 unspecified atom stereocenters. The maximum atomic E-state index is 13.3. The van der Waals surface area contributed by atoms with Gasteiger partial charge in [-0.1, -0.05) is 36.4 Å². The van der Waals surface area contributed by atoms with Gasteiger partial charge in [0.2, 0.25) is 0 Å². The SMILES string of the molecule is CC1=C(C(=O)Nc2ccccc2)[C@@H](c2cccs2)C(C#N)=C(SCc2ccc(F)cc2)N1. The summed E-state index contributed by atoms with van der Waals surface area (Å²) >= 11 is 2.99. The van der Waals surface area contributed by atoms with Crippen LogP contribution in [0.2, 0.25) is 0 Å². The molecule has 2 heterocycles. The number of anilines is 1. The highest BCUT2D eigenvalue weighted by molar-refractivity contribution is 8.02. The van der Waals surface area contributed by atoms with Gasteiger partial charge in [-0.25, -0.2) is 4.39 Å². The number of allylic oxidation sites excluding steroid dienone is 2. The lowest BCUT2D eigenvalue weighted by Gasteiger charge is -2.29. The molecule has 32 heavy (non-hydrogen) atoms. The van der Waals surface area contributed by atoms with Gasteiger partial charge in [-0.15, -0.1) is 23.1 Å². The number of thioether (sulfide) groups is 1. The zero-order valence-electron chi connectivity index (χ0n) is 17.3. The minimum absolute atomic E-state index is 0.241. The van der Waals surface area contributed by atoms with Crippen LogP contribution in [0.1, 0.15) is 23.3 Å². The van der Waals surface area contributed by atoms with Gasteiger partial charge in [0, 0.05) is 27.6 Å². The number of thiophene rings is 1. The molecule has 0 saturated carbocycles. The van der Waals surface area contributed by atoms with E-state index in [1.54, 1.807) is 12.1 Å². The van der Waals surface area contributed by atoms with Crippen LogP contribution in [0.3, 0.4) is 0 Å². The molecule has 160 valence electrons. The van der Waals surface area contributed by atoms with E-state index in [-0.39, 0.29) is 11.7 Å². The van der Waals surface area contributed by atoms with Crippen molar-refractivity contribution in [2.75, 3.05) is 5.32 Å². The number of carbonyl (C=O) groups excluding carboxylic acids is 1. The monoisotopic (exact) mass is 461 g/mol. The fourth-order valence-corrected chi connectivity index (χ4v) is 5.41. The van der Waals surface area contributed by atoms with E-state index in [1.807, 2.05) is 54.8 Å². The van der Waals surface area contributed by atoms with Crippen molar-refractivity contribution in [3.8, 4) is 6.07 Å². The minimum Gasteiger partial charge on any atom is -0.353 e. The van der Waals surface area contributed by atoms with E-state index < -0.39 is 5.92 Å². The first-order valence-corrected chi connectivity index (χ1v) is 11.8. The number of nitrogens with one attached hydrogen (secondary N) is 2. The molecule has 2 N–H and O–H groups in total. The third-order valence-electron chi connectivity index (χ3n) is 5.05. The largest absolute Gasteiger partial charge is 0.353 e. The van der Waals surface area contributed by atoms with Gasteiger partial charge in [-0.2, -0.15) is 5.26 Å². The van der Waals surface area contributed by atoms with Crippen molar-refractivity contribution in [3.05, 3.63) is 110 Å². The summed E-state index contributed by atoms with van der Waals surface area (Å²) < 4.78 is 13.2.